The lowest BCUT2D eigenvalue weighted by Crippen LogP contribution is -2.54. The molecule has 2 fully saturated rings. The fraction of sp³-hybridized carbons (Fsp3) is 0.900. The van der Waals surface area contributed by atoms with Gasteiger partial charge in [-0.15, -0.1) is 0 Å². The SMILES string of the molecule is NC1CCCC1C(=O)N1CCN(S(N)(=O)=O)CC1. The molecule has 1 saturated carbocycles. The van der Waals surface area contributed by atoms with Gasteiger partial charge in [0.2, 0.25) is 5.91 Å². The van der Waals surface area contributed by atoms with Crippen LogP contribution < -0.4 is 10.9 Å². The van der Waals surface area contributed by atoms with Crippen LogP contribution in [0.4, 0.5) is 0 Å². The van der Waals surface area contributed by atoms with Crippen molar-refractivity contribution < 1.29 is 13.2 Å². The standard InChI is InChI=1S/C10H20N4O3S/c11-9-3-1-2-8(9)10(15)13-4-6-14(7-5-13)18(12,16)17/h8-9H,1-7,11H2,(H2,12,16,17). The summed E-state index contributed by atoms with van der Waals surface area (Å²) in [6, 6.07) is -0.0474. The second-order valence-corrected chi connectivity index (χ2v) is 6.52. The van der Waals surface area contributed by atoms with Gasteiger partial charge in [-0.25, -0.2) is 5.14 Å². The number of carbonyl (C=O) groups is 1. The minimum Gasteiger partial charge on any atom is -0.340 e. The summed E-state index contributed by atoms with van der Waals surface area (Å²) >= 11 is 0. The van der Waals surface area contributed by atoms with E-state index in [-0.39, 0.29) is 31.0 Å². The van der Waals surface area contributed by atoms with E-state index in [1.165, 1.54) is 4.31 Å². The van der Waals surface area contributed by atoms with E-state index >= 15 is 0 Å². The van der Waals surface area contributed by atoms with E-state index in [1.807, 2.05) is 0 Å². The molecule has 0 bridgehead atoms. The summed E-state index contributed by atoms with van der Waals surface area (Å²) in [5, 5.41) is 5.05. The molecular formula is C10H20N4O3S. The zero-order valence-corrected chi connectivity index (χ0v) is 11.1. The predicted molar refractivity (Wildman–Crippen MR) is 66.6 cm³/mol. The summed E-state index contributed by atoms with van der Waals surface area (Å²) in [6.45, 7) is 1.34. The Kier molecular flexibility index (Phi) is 3.90. The molecule has 2 unspecified atom stereocenters. The summed E-state index contributed by atoms with van der Waals surface area (Å²) in [5.74, 6) is -0.0277. The van der Waals surface area contributed by atoms with Crippen LogP contribution in [0.25, 0.3) is 0 Å². The van der Waals surface area contributed by atoms with Gasteiger partial charge in [0.1, 0.15) is 0 Å². The van der Waals surface area contributed by atoms with E-state index in [1.54, 1.807) is 4.90 Å². The van der Waals surface area contributed by atoms with Gasteiger partial charge in [0.15, 0.2) is 0 Å². The Morgan fingerprint density at radius 1 is 1.11 bits per heavy atom. The van der Waals surface area contributed by atoms with Crippen molar-refractivity contribution in [3.05, 3.63) is 0 Å². The molecule has 2 atom stereocenters. The first-order chi connectivity index (χ1) is 8.39. The fourth-order valence-corrected chi connectivity index (χ4v) is 3.37. The van der Waals surface area contributed by atoms with Crippen molar-refractivity contribution in [1.29, 1.82) is 0 Å². The summed E-state index contributed by atoms with van der Waals surface area (Å²) in [6.07, 6.45) is 2.73. The Balaban J connectivity index is 1.92. The minimum atomic E-state index is -3.63. The van der Waals surface area contributed by atoms with Gasteiger partial charge in [-0.2, -0.15) is 12.7 Å². The third-order valence-corrected chi connectivity index (χ3v) is 4.88. The average molecular weight is 276 g/mol. The van der Waals surface area contributed by atoms with Crippen LogP contribution in [-0.2, 0) is 15.0 Å². The van der Waals surface area contributed by atoms with Crippen molar-refractivity contribution in [1.82, 2.24) is 9.21 Å². The number of hydrogen-bond acceptors (Lipinski definition) is 4. The molecular weight excluding hydrogens is 256 g/mol. The van der Waals surface area contributed by atoms with Crippen LogP contribution in [0.5, 0.6) is 0 Å². The summed E-state index contributed by atoms with van der Waals surface area (Å²) in [5.41, 5.74) is 5.91. The Morgan fingerprint density at radius 2 is 1.72 bits per heavy atom. The molecule has 0 aromatic carbocycles. The topological polar surface area (TPSA) is 110 Å². The summed E-state index contributed by atoms with van der Waals surface area (Å²) in [4.78, 5) is 13.9. The molecule has 1 aliphatic carbocycles. The lowest BCUT2D eigenvalue weighted by atomic mass is 10.0. The highest BCUT2D eigenvalue weighted by molar-refractivity contribution is 7.86. The van der Waals surface area contributed by atoms with Gasteiger partial charge in [-0.1, -0.05) is 6.42 Å². The number of rotatable bonds is 2. The van der Waals surface area contributed by atoms with Crippen molar-refractivity contribution in [2.45, 2.75) is 25.3 Å². The van der Waals surface area contributed by atoms with Crippen LogP contribution in [0.2, 0.25) is 0 Å². The Hall–Kier alpha value is -0.700. The molecule has 1 heterocycles. The van der Waals surface area contributed by atoms with Crippen molar-refractivity contribution >= 4 is 16.1 Å². The molecule has 4 N–H and O–H groups in total. The van der Waals surface area contributed by atoms with E-state index in [0.29, 0.717) is 13.1 Å². The molecule has 1 amide bonds. The number of nitrogens with two attached hydrogens (primary N) is 2. The molecule has 0 aromatic rings. The number of hydrogen-bond donors (Lipinski definition) is 2. The Morgan fingerprint density at radius 3 is 2.17 bits per heavy atom. The highest BCUT2D eigenvalue weighted by Gasteiger charge is 2.35. The normalized spacial score (nSPS) is 30.7. The zero-order chi connectivity index (χ0) is 13.3. The van der Waals surface area contributed by atoms with E-state index in [2.05, 4.69) is 0 Å². The molecule has 1 saturated heterocycles. The van der Waals surface area contributed by atoms with E-state index in [4.69, 9.17) is 10.9 Å². The maximum absolute atomic E-state index is 12.2. The number of carbonyl (C=O) groups excluding carboxylic acids is 1. The summed E-state index contributed by atoms with van der Waals surface area (Å²) in [7, 11) is -3.63. The van der Waals surface area contributed by atoms with Crippen LogP contribution in [0, 0.1) is 5.92 Å². The Labute approximate surface area is 107 Å². The lowest BCUT2D eigenvalue weighted by molar-refractivity contribution is -0.136. The number of nitrogens with zero attached hydrogens (tertiary/aromatic N) is 2. The fourth-order valence-electron chi connectivity index (χ4n) is 2.69. The van der Waals surface area contributed by atoms with Gasteiger partial charge in [0.05, 0.1) is 5.92 Å². The molecule has 7 nitrogen and oxygen atoms in total. The molecule has 2 aliphatic rings. The molecule has 8 heteroatoms. The first-order valence-electron chi connectivity index (χ1n) is 6.22. The molecule has 2 rings (SSSR count). The van der Waals surface area contributed by atoms with E-state index in [9.17, 15) is 13.2 Å². The summed E-state index contributed by atoms with van der Waals surface area (Å²) < 4.78 is 23.5. The zero-order valence-electron chi connectivity index (χ0n) is 10.3. The van der Waals surface area contributed by atoms with Crippen LogP contribution in [0.15, 0.2) is 0 Å². The van der Waals surface area contributed by atoms with Gasteiger partial charge in [-0.05, 0) is 12.8 Å². The molecule has 0 aromatic heterocycles. The van der Waals surface area contributed by atoms with Crippen molar-refractivity contribution in [2.75, 3.05) is 26.2 Å². The van der Waals surface area contributed by atoms with Gasteiger partial charge in [0.25, 0.3) is 10.2 Å². The average Bonchev–Trinajstić information content (AvgIpc) is 2.73. The third-order valence-electron chi connectivity index (χ3n) is 3.80. The minimum absolute atomic E-state index is 0.0474. The van der Waals surface area contributed by atoms with Gasteiger partial charge >= 0.3 is 0 Å². The van der Waals surface area contributed by atoms with Crippen molar-refractivity contribution in [3.8, 4) is 0 Å². The maximum Gasteiger partial charge on any atom is 0.277 e. The van der Waals surface area contributed by atoms with Gasteiger partial charge in [0, 0.05) is 32.2 Å². The quantitative estimate of drug-likeness (QED) is 0.637. The smallest absolute Gasteiger partial charge is 0.277 e. The first kappa shape index (κ1) is 13.7. The molecule has 1 aliphatic heterocycles. The van der Waals surface area contributed by atoms with Crippen LogP contribution in [-0.4, -0.2) is 55.8 Å². The monoisotopic (exact) mass is 276 g/mol. The third kappa shape index (κ3) is 2.82. The van der Waals surface area contributed by atoms with Crippen LogP contribution in [0.3, 0.4) is 0 Å². The number of amides is 1. The number of piperazine rings is 1. The largest absolute Gasteiger partial charge is 0.340 e. The van der Waals surface area contributed by atoms with Gasteiger partial charge < -0.3 is 10.6 Å². The second kappa shape index (κ2) is 5.12. The molecule has 0 spiro atoms. The van der Waals surface area contributed by atoms with Gasteiger partial charge in [-0.3, -0.25) is 4.79 Å². The van der Waals surface area contributed by atoms with Crippen molar-refractivity contribution in [3.63, 3.8) is 0 Å². The Bertz CT molecular complexity index is 417. The highest BCUT2D eigenvalue weighted by atomic mass is 32.2. The van der Waals surface area contributed by atoms with E-state index in [0.717, 1.165) is 19.3 Å². The second-order valence-electron chi connectivity index (χ2n) is 4.97. The molecule has 18 heavy (non-hydrogen) atoms. The maximum atomic E-state index is 12.2. The highest BCUT2D eigenvalue weighted by Crippen LogP contribution is 2.26. The van der Waals surface area contributed by atoms with Crippen LogP contribution in [0.1, 0.15) is 19.3 Å². The molecule has 104 valence electrons. The van der Waals surface area contributed by atoms with E-state index < -0.39 is 10.2 Å². The van der Waals surface area contributed by atoms with Crippen molar-refractivity contribution in [2.24, 2.45) is 16.8 Å². The molecule has 0 radical (unpaired) electrons. The predicted octanol–water partition coefficient (Wildman–Crippen LogP) is -1.54. The van der Waals surface area contributed by atoms with Crippen LogP contribution >= 0.6 is 0 Å². The lowest BCUT2D eigenvalue weighted by Gasteiger charge is -2.35. The first-order valence-corrected chi connectivity index (χ1v) is 7.72.